The number of amides is 1. The number of nitrogens with one attached hydrogen (secondary N) is 1. The number of carbonyl (C=O) groups is 2. The first kappa shape index (κ1) is 18.7. The lowest BCUT2D eigenvalue weighted by Crippen LogP contribution is -2.23. The van der Waals surface area contributed by atoms with E-state index >= 15 is 0 Å². The molecule has 0 unspecified atom stereocenters. The minimum atomic E-state index is -0.223. The Kier molecular flexibility index (Phi) is 5.45. The zero-order valence-electron chi connectivity index (χ0n) is 15.1. The Morgan fingerprint density at radius 1 is 1.25 bits per heavy atom. The molecule has 0 aliphatic heterocycles. The number of Topliss-reactive ketones (excluding diaryl/α,β-unsaturated/α-hetero) is 1. The van der Waals surface area contributed by atoms with Gasteiger partial charge in [-0.2, -0.15) is 0 Å². The topological polar surface area (TPSA) is 97.7 Å². The van der Waals surface area contributed by atoms with Crippen LogP contribution in [0.1, 0.15) is 39.0 Å². The largest absolute Gasteiger partial charge is 0.294 e. The van der Waals surface area contributed by atoms with Crippen molar-refractivity contribution in [3.8, 4) is 0 Å². The van der Waals surface area contributed by atoms with E-state index in [-0.39, 0.29) is 29.3 Å². The molecule has 0 fully saturated rings. The Balaban J connectivity index is 1.44. The third kappa shape index (κ3) is 4.26. The Morgan fingerprint density at radius 2 is 2.07 bits per heavy atom. The summed E-state index contributed by atoms with van der Waals surface area (Å²) in [6.45, 7) is 1.87. The van der Waals surface area contributed by atoms with Gasteiger partial charge in [0.2, 0.25) is 11.9 Å². The summed E-state index contributed by atoms with van der Waals surface area (Å²) in [7, 11) is 0. The average molecular weight is 412 g/mol. The summed E-state index contributed by atoms with van der Waals surface area (Å²) >= 11 is 2.76. The first-order valence-electron chi connectivity index (χ1n) is 8.75. The van der Waals surface area contributed by atoms with E-state index in [4.69, 9.17) is 0 Å². The van der Waals surface area contributed by atoms with Crippen molar-refractivity contribution >= 4 is 40.7 Å². The molecule has 1 atom stereocenters. The van der Waals surface area contributed by atoms with E-state index in [0.717, 1.165) is 14.9 Å². The highest BCUT2D eigenvalue weighted by Crippen LogP contribution is 2.31. The summed E-state index contributed by atoms with van der Waals surface area (Å²) in [5, 5.41) is 11.5. The maximum Gasteiger partial charge on any atom is 0.237 e. The van der Waals surface area contributed by atoms with E-state index in [2.05, 4.69) is 25.5 Å². The average Bonchev–Trinajstić information content (AvgIpc) is 3.12. The second-order valence-electron chi connectivity index (χ2n) is 6.42. The van der Waals surface area contributed by atoms with Gasteiger partial charge in [-0.15, -0.1) is 10.2 Å². The highest BCUT2D eigenvalue weighted by atomic mass is 32.2. The van der Waals surface area contributed by atoms with E-state index in [1.807, 2.05) is 37.3 Å². The van der Waals surface area contributed by atoms with E-state index in [9.17, 15) is 9.59 Å². The molecular formula is C19H17N5O2S2. The number of benzene rings is 1. The number of ketones is 1. The van der Waals surface area contributed by atoms with Gasteiger partial charge in [0, 0.05) is 12.6 Å². The standard InChI is InChI=1S/C19H17N5O2S2/c1-11-23-24-19(28-11)27-10-17(26)22-18-20-9-14-15(21-18)7-13(8-16(14)25)12-5-3-2-4-6-12/h2-6,9,13H,7-8,10H2,1H3,(H,20,21,22,26)/t13-/m1/s1. The van der Waals surface area contributed by atoms with Gasteiger partial charge in [0.1, 0.15) is 5.01 Å². The van der Waals surface area contributed by atoms with Crippen molar-refractivity contribution < 1.29 is 9.59 Å². The number of thioether (sulfide) groups is 1. The summed E-state index contributed by atoms with van der Waals surface area (Å²) in [6.07, 6.45) is 2.61. The number of carbonyl (C=O) groups excluding carboxylic acids is 2. The minimum Gasteiger partial charge on any atom is -0.294 e. The van der Waals surface area contributed by atoms with Crippen LogP contribution in [0.25, 0.3) is 0 Å². The molecule has 0 radical (unpaired) electrons. The minimum absolute atomic E-state index is 0.0372. The fourth-order valence-corrected chi connectivity index (χ4v) is 4.71. The molecule has 0 bridgehead atoms. The van der Waals surface area contributed by atoms with Gasteiger partial charge >= 0.3 is 0 Å². The second kappa shape index (κ2) is 8.15. The van der Waals surface area contributed by atoms with Gasteiger partial charge in [0.15, 0.2) is 10.1 Å². The van der Waals surface area contributed by atoms with Crippen LogP contribution < -0.4 is 5.32 Å². The van der Waals surface area contributed by atoms with Gasteiger partial charge in [0.25, 0.3) is 0 Å². The van der Waals surface area contributed by atoms with Gasteiger partial charge in [0.05, 0.1) is 17.0 Å². The van der Waals surface area contributed by atoms with Crippen molar-refractivity contribution in [2.24, 2.45) is 0 Å². The van der Waals surface area contributed by atoms with Crippen molar-refractivity contribution in [1.29, 1.82) is 0 Å². The Labute approximate surface area is 170 Å². The van der Waals surface area contributed by atoms with Gasteiger partial charge in [-0.1, -0.05) is 53.4 Å². The zero-order valence-corrected chi connectivity index (χ0v) is 16.7. The molecule has 142 valence electrons. The number of anilines is 1. The van der Waals surface area contributed by atoms with Crippen LogP contribution >= 0.6 is 23.1 Å². The van der Waals surface area contributed by atoms with Crippen molar-refractivity contribution in [2.75, 3.05) is 11.1 Å². The van der Waals surface area contributed by atoms with Crippen LogP contribution in [0.2, 0.25) is 0 Å². The molecule has 4 rings (SSSR count). The molecule has 0 saturated heterocycles. The number of aryl methyl sites for hydroxylation is 1. The fraction of sp³-hybridized carbons (Fsp3) is 0.263. The maximum absolute atomic E-state index is 12.5. The lowest BCUT2D eigenvalue weighted by molar-refractivity contribution is -0.113. The molecule has 0 spiro atoms. The smallest absolute Gasteiger partial charge is 0.237 e. The molecule has 28 heavy (non-hydrogen) atoms. The molecule has 2 aromatic heterocycles. The van der Waals surface area contributed by atoms with Gasteiger partial charge in [-0.25, -0.2) is 9.97 Å². The van der Waals surface area contributed by atoms with Crippen LogP contribution in [-0.2, 0) is 11.2 Å². The van der Waals surface area contributed by atoms with E-state index in [1.54, 1.807) is 0 Å². The van der Waals surface area contributed by atoms with Crippen molar-refractivity contribution in [3.63, 3.8) is 0 Å². The zero-order chi connectivity index (χ0) is 19.5. The molecule has 3 aromatic rings. The fourth-order valence-electron chi connectivity index (χ4n) is 3.09. The van der Waals surface area contributed by atoms with Crippen LogP contribution in [0.4, 0.5) is 5.95 Å². The van der Waals surface area contributed by atoms with Crippen LogP contribution in [0.3, 0.4) is 0 Å². The number of hydrogen-bond donors (Lipinski definition) is 1. The predicted octanol–water partition coefficient (Wildman–Crippen LogP) is 3.28. The molecule has 9 heteroatoms. The number of nitrogens with zero attached hydrogens (tertiary/aromatic N) is 4. The molecule has 1 N–H and O–H groups in total. The summed E-state index contributed by atoms with van der Waals surface area (Å²) in [5.74, 6) is 0.325. The number of hydrogen-bond acceptors (Lipinski definition) is 8. The third-order valence-corrected chi connectivity index (χ3v) is 6.37. The Bertz CT molecular complexity index is 1020. The molecule has 0 saturated carbocycles. The molecule has 1 aromatic carbocycles. The molecule has 1 aliphatic carbocycles. The SMILES string of the molecule is Cc1nnc(SCC(=O)Nc2ncc3c(n2)C[C@@H](c2ccccc2)CC3=O)s1. The van der Waals surface area contributed by atoms with Crippen LogP contribution in [0.15, 0.2) is 40.9 Å². The summed E-state index contributed by atoms with van der Waals surface area (Å²) < 4.78 is 0.746. The van der Waals surface area contributed by atoms with Gasteiger partial charge in [-0.3, -0.25) is 14.9 Å². The number of rotatable bonds is 5. The third-order valence-electron chi connectivity index (χ3n) is 4.40. The van der Waals surface area contributed by atoms with Gasteiger partial charge in [-0.05, 0) is 24.8 Å². The second-order valence-corrected chi connectivity index (χ2v) is 8.82. The van der Waals surface area contributed by atoms with Crippen molar-refractivity contribution in [2.45, 2.75) is 30.0 Å². The van der Waals surface area contributed by atoms with Gasteiger partial charge < -0.3 is 0 Å². The monoisotopic (exact) mass is 411 g/mol. The lowest BCUT2D eigenvalue weighted by Gasteiger charge is -2.23. The summed E-state index contributed by atoms with van der Waals surface area (Å²) in [4.78, 5) is 33.3. The number of fused-ring (bicyclic) bond motifs is 1. The van der Waals surface area contributed by atoms with E-state index in [1.165, 1.54) is 29.3 Å². The van der Waals surface area contributed by atoms with E-state index in [0.29, 0.717) is 24.1 Å². The molecule has 2 heterocycles. The first-order chi connectivity index (χ1) is 13.6. The Morgan fingerprint density at radius 3 is 2.82 bits per heavy atom. The van der Waals surface area contributed by atoms with Crippen molar-refractivity contribution in [3.05, 3.63) is 58.4 Å². The first-order valence-corrected chi connectivity index (χ1v) is 10.6. The molecule has 1 aliphatic rings. The summed E-state index contributed by atoms with van der Waals surface area (Å²) in [6, 6.07) is 9.95. The highest BCUT2D eigenvalue weighted by molar-refractivity contribution is 8.01. The quantitative estimate of drug-likeness (QED) is 0.643. The predicted molar refractivity (Wildman–Crippen MR) is 108 cm³/mol. The summed E-state index contributed by atoms with van der Waals surface area (Å²) in [5.41, 5.74) is 2.35. The normalized spacial score (nSPS) is 15.9. The Hall–Kier alpha value is -2.65. The molecule has 7 nitrogen and oxygen atoms in total. The van der Waals surface area contributed by atoms with Crippen molar-refractivity contribution in [1.82, 2.24) is 20.2 Å². The maximum atomic E-state index is 12.5. The van der Waals surface area contributed by atoms with E-state index < -0.39 is 0 Å². The van der Waals surface area contributed by atoms with Crippen LogP contribution in [0, 0.1) is 6.92 Å². The van der Waals surface area contributed by atoms with Crippen LogP contribution in [0.5, 0.6) is 0 Å². The molecule has 1 amide bonds. The number of aromatic nitrogens is 4. The molecular weight excluding hydrogens is 394 g/mol. The highest BCUT2D eigenvalue weighted by Gasteiger charge is 2.28. The lowest BCUT2D eigenvalue weighted by atomic mass is 9.82. The van der Waals surface area contributed by atoms with Crippen LogP contribution in [-0.4, -0.2) is 37.6 Å².